The van der Waals surface area contributed by atoms with Crippen LogP contribution in [0.1, 0.15) is 96.0 Å². The molecule has 3 saturated carbocycles. The first-order chi connectivity index (χ1) is 15.5. The molecule has 0 radical (unpaired) electrons. The summed E-state index contributed by atoms with van der Waals surface area (Å²) >= 11 is 0. The number of aliphatic hydroxyl groups excluding tert-OH is 1. The number of nitrogens with two attached hydrogens (primary N) is 1. The molecule has 4 heteroatoms. The highest BCUT2D eigenvalue weighted by atomic mass is 16.5. The van der Waals surface area contributed by atoms with Gasteiger partial charge in [-0.3, -0.25) is 0 Å². The Labute approximate surface area is 194 Å². The molecule has 3 aliphatic rings. The van der Waals surface area contributed by atoms with E-state index in [4.69, 9.17) is 10.5 Å². The Morgan fingerprint density at radius 1 is 0.844 bits per heavy atom. The van der Waals surface area contributed by atoms with Gasteiger partial charge in [-0.25, -0.2) is 0 Å². The van der Waals surface area contributed by atoms with Gasteiger partial charge in [0.1, 0.15) is 17.2 Å². The van der Waals surface area contributed by atoms with Gasteiger partial charge in [0.25, 0.3) is 0 Å². The van der Waals surface area contributed by atoms with E-state index in [1.807, 2.05) is 12.1 Å². The van der Waals surface area contributed by atoms with Crippen molar-refractivity contribution in [1.82, 2.24) is 0 Å². The number of benzene rings is 1. The minimum absolute atomic E-state index is 0.147. The molecule has 0 amide bonds. The van der Waals surface area contributed by atoms with E-state index < -0.39 is 0 Å². The van der Waals surface area contributed by atoms with Gasteiger partial charge in [-0.05, 0) is 105 Å². The number of rotatable bonds is 7. The van der Waals surface area contributed by atoms with Crippen molar-refractivity contribution in [2.24, 2.45) is 29.6 Å². The van der Waals surface area contributed by atoms with Crippen LogP contribution in [0.4, 0.5) is 5.69 Å². The van der Waals surface area contributed by atoms with Gasteiger partial charge in [-0.1, -0.05) is 38.7 Å². The predicted octanol–water partition coefficient (Wildman–Crippen LogP) is 6.47. The van der Waals surface area contributed by atoms with Gasteiger partial charge in [0.05, 0.1) is 12.7 Å². The molecule has 4 nitrogen and oxygen atoms in total. The summed E-state index contributed by atoms with van der Waals surface area (Å²) in [4.78, 5) is 0. The maximum Gasteiger partial charge on any atom is 0.146 e. The van der Waals surface area contributed by atoms with Crippen LogP contribution >= 0.6 is 0 Å². The lowest BCUT2D eigenvalue weighted by atomic mass is 9.69. The van der Waals surface area contributed by atoms with Crippen LogP contribution in [0.15, 0.2) is 12.1 Å². The van der Waals surface area contributed by atoms with Crippen LogP contribution in [-0.4, -0.2) is 22.9 Å². The normalized spacial score (nSPS) is 33.7. The molecule has 0 unspecified atom stereocenters. The van der Waals surface area contributed by atoms with Crippen LogP contribution in [0.5, 0.6) is 11.5 Å². The summed E-state index contributed by atoms with van der Waals surface area (Å²) in [5.41, 5.74) is 7.57. The van der Waals surface area contributed by atoms with Crippen molar-refractivity contribution in [2.45, 2.75) is 103 Å². The average molecular weight is 444 g/mol. The molecule has 4 N–H and O–H groups in total. The number of hydrogen-bond donors (Lipinski definition) is 3. The summed E-state index contributed by atoms with van der Waals surface area (Å²) < 4.78 is 5.95. The van der Waals surface area contributed by atoms with Crippen molar-refractivity contribution in [1.29, 1.82) is 0 Å². The van der Waals surface area contributed by atoms with E-state index in [1.165, 1.54) is 51.4 Å². The first-order valence-corrected chi connectivity index (χ1v) is 13.4. The number of aromatic hydroxyl groups is 1. The molecular formula is C28H45NO3. The summed E-state index contributed by atoms with van der Waals surface area (Å²) in [6, 6.07) is 3.93. The molecular weight excluding hydrogens is 398 g/mol. The summed E-state index contributed by atoms with van der Waals surface area (Å²) in [6.07, 6.45) is 16.9. The second-order valence-corrected chi connectivity index (χ2v) is 11.3. The fourth-order valence-electron chi connectivity index (χ4n) is 6.55. The zero-order valence-corrected chi connectivity index (χ0v) is 20.1. The van der Waals surface area contributed by atoms with E-state index in [1.54, 1.807) is 0 Å². The lowest BCUT2D eigenvalue weighted by Crippen LogP contribution is -2.25. The Morgan fingerprint density at radius 2 is 1.44 bits per heavy atom. The van der Waals surface area contributed by atoms with Gasteiger partial charge in [-0.15, -0.1) is 0 Å². The minimum atomic E-state index is -0.147. The molecule has 1 aromatic rings. The SMILES string of the molecule is CC1CCC(C2CCC(CCc3ccc(OCC4CCC(O)CC4)c(N)c3O)CC2)CC1. The van der Waals surface area contributed by atoms with Gasteiger partial charge in [0.15, 0.2) is 0 Å². The number of hydrogen-bond acceptors (Lipinski definition) is 4. The molecule has 3 fully saturated rings. The number of aliphatic hydroxyl groups is 1. The molecule has 0 aromatic heterocycles. The van der Waals surface area contributed by atoms with Gasteiger partial charge in [-0.2, -0.15) is 0 Å². The zero-order valence-electron chi connectivity index (χ0n) is 20.1. The van der Waals surface area contributed by atoms with E-state index in [0.717, 1.165) is 67.8 Å². The molecule has 3 aliphatic carbocycles. The maximum atomic E-state index is 10.7. The molecule has 0 bridgehead atoms. The van der Waals surface area contributed by atoms with Crippen LogP contribution in [0, 0.1) is 29.6 Å². The Bertz CT molecular complexity index is 712. The number of aryl methyl sites for hydroxylation is 1. The van der Waals surface area contributed by atoms with E-state index in [0.29, 0.717) is 24.0 Å². The van der Waals surface area contributed by atoms with Crippen molar-refractivity contribution in [3.05, 3.63) is 17.7 Å². The highest BCUT2D eigenvalue weighted by Crippen LogP contribution is 2.43. The van der Waals surface area contributed by atoms with Crippen LogP contribution in [0.3, 0.4) is 0 Å². The number of ether oxygens (including phenoxy) is 1. The Kier molecular flexibility index (Phi) is 8.26. The summed E-state index contributed by atoms with van der Waals surface area (Å²) in [5.74, 6) is 4.96. The highest BCUT2D eigenvalue weighted by molar-refractivity contribution is 5.65. The molecule has 0 saturated heterocycles. The third-order valence-corrected chi connectivity index (χ3v) is 8.99. The third kappa shape index (κ3) is 6.12. The Hall–Kier alpha value is -1.42. The van der Waals surface area contributed by atoms with Gasteiger partial charge >= 0.3 is 0 Å². The van der Waals surface area contributed by atoms with Crippen LogP contribution in [0.2, 0.25) is 0 Å². The zero-order chi connectivity index (χ0) is 22.5. The smallest absolute Gasteiger partial charge is 0.146 e. The Morgan fingerprint density at radius 3 is 2.09 bits per heavy atom. The molecule has 32 heavy (non-hydrogen) atoms. The van der Waals surface area contributed by atoms with Crippen molar-refractivity contribution in [3.63, 3.8) is 0 Å². The fraction of sp³-hybridized carbons (Fsp3) is 0.786. The van der Waals surface area contributed by atoms with Gasteiger partial charge in [0, 0.05) is 0 Å². The lowest BCUT2D eigenvalue weighted by Gasteiger charge is -2.37. The second kappa shape index (κ2) is 11.1. The van der Waals surface area contributed by atoms with Crippen molar-refractivity contribution >= 4 is 5.69 Å². The van der Waals surface area contributed by atoms with E-state index in [2.05, 4.69) is 6.92 Å². The molecule has 0 spiro atoms. The van der Waals surface area contributed by atoms with E-state index >= 15 is 0 Å². The molecule has 0 heterocycles. The van der Waals surface area contributed by atoms with Crippen LogP contribution in [0.25, 0.3) is 0 Å². The lowest BCUT2D eigenvalue weighted by molar-refractivity contribution is 0.0918. The molecule has 1 aromatic carbocycles. The Balaban J connectivity index is 1.21. The van der Waals surface area contributed by atoms with Gasteiger partial charge < -0.3 is 20.7 Å². The third-order valence-electron chi connectivity index (χ3n) is 8.99. The predicted molar refractivity (Wildman–Crippen MR) is 131 cm³/mol. The number of phenols is 1. The number of anilines is 1. The first kappa shape index (κ1) is 23.7. The molecule has 0 aliphatic heterocycles. The van der Waals surface area contributed by atoms with Crippen LogP contribution < -0.4 is 10.5 Å². The maximum absolute atomic E-state index is 10.7. The summed E-state index contributed by atoms with van der Waals surface area (Å²) in [6.45, 7) is 3.02. The minimum Gasteiger partial charge on any atom is -0.505 e. The monoisotopic (exact) mass is 443 g/mol. The fourth-order valence-corrected chi connectivity index (χ4v) is 6.55. The molecule has 0 atom stereocenters. The highest BCUT2D eigenvalue weighted by Gasteiger charge is 2.30. The summed E-state index contributed by atoms with van der Waals surface area (Å²) in [5, 5.41) is 20.3. The van der Waals surface area contributed by atoms with Crippen molar-refractivity contribution < 1.29 is 14.9 Å². The summed E-state index contributed by atoms with van der Waals surface area (Å²) in [7, 11) is 0. The second-order valence-electron chi connectivity index (χ2n) is 11.3. The standard InChI is InChI=1S/C28H45NO3/c1-19-2-9-22(10-3-19)23-11-4-20(5-12-23)6-13-24-14-17-26(27(29)28(24)31)32-18-21-7-15-25(30)16-8-21/h14,17,19-23,25,30-31H,2-13,15-16,18,29H2,1H3. The van der Waals surface area contributed by atoms with Gasteiger partial charge in [0.2, 0.25) is 0 Å². The molecule has 180 valence electrons. The van der Waals surface area contributed by atoms with Crippen molar-refractivity contribution in [3.8, 4) is 11.5 Å². The van der Waals surface area contributed by atoms with Crippen molar-refractivity contribution in [2.75, 3.05) is 12.3 Å². The topological polar surface area (TPSA) is 75.7 Å². The molecule has 4 rings (SSSR count). The van der Waals surface area contributed by atoms with E-state index in [-0.39, 0.29) is 11.9 Å². The average Bonchev–Trinajstić information content (AvgIpc) is 2.81. The number of nitrogen functional groups attached to an aromatic ring is 1. The van der Waals surface area contributed by atoms with E-state index in [9.17, 15) is 10.2 Å². The number of phenolic OH excluding ortho intramolecular Hbond substituents is 1. The quantitative estimate of drug-likeness (QED) is 0.333. The van der Waals surface area contributed by atoms with Crippen LogP contribution in [-0.2, 0) is 6.42 Å². The largest absolute Gasteiger partial charge is 0.505 e. The first-order valence-electron chi connectivity index (χ1n) is 13.4.